The third-order valence-corrected chi connectivity index (χ3v) is 6.40. The van der Waals surface area contributed by atoms with Crippen LogP contribution in [0.5, 0.6) is 0 Å². The maximum atomic E-state index is 12.2. The van der Waals surface area contributed by atoms with Crippen molar-refractivity contribution < 1.29 is 8.42 Å². The molecule has 0 aromatic carbocycles. The lowest BCUT2D eigenvalue weighted by Gasteiger charge is -2.39. The number of anilines is 1. The lowest BCUT2D eigenvalue weighted by Crippen LogP contribution is -2.47. The van der Waals surface area contributed by atoms with Crippen LogP contribution in [0, 0.1) is 5.92 Å². The number of piperidine rings is 1. The standard InChI is InChI=1S/C16H26N4O2S/c1-23(21,22)20-11-4-2-3-6-15(20)14-7-12-19(13-8-14)16-17-9-5-10-18-16/h5,9-10,14-15H,2-4,6-8,11-13H2,1H3. The number of hydrogen-bond acceptors (Lipinski definition) is 5. The molecule has 128 valence electrons. The highest BCUT2D eigenvalue weighted by atomic mass is 32.2. The van der Waals surface area contributed by atoms with Gasteiger partial charge < -0.3 is 4.90 Å². The van der Waals surface area contributed by atoms with Gasteiger partial charge in [-0.3, -0.25) is 0 Å². The number of sulfonamides is 1. The van der Waals surface area contributed by atoms with Crippen LogP contribution in [0.2, 0.25) is 0 Å². The molecule has 3 rings (SSSR count). The molecule has 2 saturated heterocycles. The van der Waals surface area contributed by atoms with Gasteiger partial charge in [0.25, 0.3) is 0 Å². The topological polar surface area (TPSA) is 66.4 Å². The van der Waals surface area contributed by atoms with Gasteiger partial charge in [0.15, 0.2) is 0 Å². The Kier molecular flexibility index (Phi) is 5.16. The molecule has 0 bridgehead atoms. The maximum Gasteiger partial charge on any atom is 0.225 e. The second-order valence-electron chi connectivity index (χ2n) is 6.66. The van der Waals surface area contributed by atoms with Gasteiger partial charge in [0.05, 0.1) is 6.26 Å². The molecule has 1 aromatic rings. The van der Waals surface area contributed by atoms with Crippen LogP contribution in [0.1, 0.15) is 38.5 Å². The number of hydrogen-bond donors (Lipinski definition) is 0. The molecular formula is C16H26N4O2S. The van der Waals surface area contributed by atoms with Gasteiger partial charge >= 0.3 is 0 Å². The van der Waals surface area contributed by atoms with Crippen molar-refractivity contribution in [2.24, 2.45) is 5.92 Å². The molecule has 6 nitrogen and oxygen atoms in total. The Labute approximate surface area is 139 Å². The van der Waals surface area contributed by atoms with Crippen molar-refractivity contribution in [2.45, 2.75) is 44.6 Å². The summed E-state index contributed by atoms with van der Waals surface area (Å²) in [6, 6.07) is 2.00. The van der Waals surface area contributed by atoms with E-state index in [1.807, 2.05) is 6.07 Å². The molecule has 1 aromatic heterocycles. The SMILES string of the molecule is CS(=O)(=O)N1CCCCCC1C1CCN(c2ncccn2)CC1. The van der Waals surface area contributed by atoms with Crippen molar-refractivity contribution in [3.63, 3.8) is 0 Å². The minimum absolute atomic E-state index is 0.173. The van der Waals surface area contributed by atoms with E-state index < -0.39 is 10.0 Å². The zero-order chi connectivity index (χ0) is 16.3. The first-order chi connectivity index (χ1) is 11.1. The van der Waals surface area contributed by atoms with Crippen LogP contribution in [-0.2, 0) is 10.0 Å². The lowest BCUT2D eigenvalue weighted by atomic mass is 9.87. The van der Waals surface area contributed by atoms with E-state index >= 15 is 0 Å². The second-order valence-corrected chi connectivity index (χ2v) is 8.60. The van der Waals surface area contributed by atoms with E-state index in [-0.39, 0.29) is 6.04 Å². The van der Waals surface area contributed by atoms with Crippen molar-refractivity contribution in [1.82, 2.24) is 14.3 Å². The Bertz CT molecular complexity index is 600. The molecule has 2 aliphatic heterocycles. The van der Waals surface area contributed by atoms with Crippen LogP contribution < -0.4 is 4.90 Å². The molecule has 2 fully saturated rings. The molecular weight excluding hydrogens is 312 g/mol. The van der Waals surface area contributed by atoms with E-state index in [0.29, 0.717) is 12.5 Å². The summed E-state index contributed by atoms with van der Waals surface area (Å²) in [5.74, 6) is 1.23. The number of aromatic nitrogens is 2. The van der Waals surface area contributed by atoms with E-state index in [1.54, 1.807) is 16.7 Å². The summed E-state index contributed by atoms with van der Waals surface area (Å²) in [7, 11) is -3.12. The first kappa shape index (κ1) is 16.6. The lowest BCUT2D eigenvalue weighted by molar-refractivity contribution is 0.206. The first-order valence-corrected chi connectivity index (χ1v) is 10.4. The Morgan fingerprint density at radius 2 is 1.70 bits per heavy atom. The van der Waals surface area contributed by atoms with E-state index in [9.17, 15) is 8.42 Å². The van der Waals surface area contributed by atoms with E-state index in [2.05, 4.69) is 14.9 Å². The van der Waals surface area contributed by atoms with Crippen LogP contribution in [0.15, 0.2) is 18.5 Å². The van der Waals surface area contributed by atoms with Crippen molar-refractivity contribution in [2.75, 3.05) is 30.8 Å². The van der Waals surface area contributed by atoms with Crippen LogP contribution in [0.25, 0.3) is 0 Å². The van der Waals surface area contributed by atoms with E-state index in [4.69, 9.17) is 0 Å². The molecule has 0 radical (unpaired) electrons. The smallest absolute Gasteiger partial charge is 0.225 e. The van der Waals surface area contributed by atoms with Gasteiger partial charge in [-0.1, -0.05) is 12.8 Å². The summed E-state index contributed by atoms with van der Waals surface area (Å²) >= 11 is 0. The van der Waals surface area contributed by atoms with Gasteiger partial charge in [-0.15, -0.1) is 0 Å². The van der Waals surface area contributed by atoms with Gasteiger partial charge in [0.1, 0.15) is 0 Å². The fourth-order valence-electron chi connectivity index (χ4n) is 3.93. The molecule has 2 aliphatic rings. The Hall–Kier alpha value is -1.21. The summed E-state index contributed by atoms with van der Waals surface area (Å²) in [5.41, 5.74) is 0. The average Bonchev–Trinajstić information content (AvgIpc) is 2.82. The Morgan fingerprint density at radius 1 is 1.00 bits per heavy atom. The van der Waals surface area contributed by atoms with Gasteiger partial charge in [-0.2, -0.15) is 4.31 Å². The highest BCUT2D eigenvalue weighted by Gasteiger charge is 2.35. The molecule has 0 spiro atoms. The molecule has 0 aliphatic carbocycles. The molecule has 0 saturated carbocycles. The fraction of sp³-hybridized carbons (Fsp3) is 0.750. The van der Waals surface area contributed by atoms with Gasteiger partial charge in [-0.05, 0) is 37.7 Å². The van der Waals surface area contributed by atoms with Crippen molar-refractivity contribution in [3.05, 3.63) is 18.5 Å². The zero-order valence-electron chi connectivity index (χ0n) is 13.8. The minimum atomic E-state index is -3.12. The van der Waals surface area contributed by atoms with Crippen LogP contribution in [-0.4, -0.2) is 54.6 Å². The minimum Gasteiger partial charge on any atom is -0.341 e. The van der Waals surface area contributed by atoms with Gasteiger partial charge in [-0.25, -0.2) is 18.4 Å². The van der Waals surface area contributed by atoms with Crippen LogP contribution >= 0.6 is 0 Å². The summed E-state index contributed by atoms with van der Waals surface area (Å²) in [6.07, 6.45) is 11.2. The highest BCUT2D eigenvalue weighted by molar-refractivity contribution is 7.88. The Morgan fingerprint density at radius 3 is 2.35 bits per heavy atom. The molecule has 7 heteroatoms. The first-order valence-electron chi connectivity index (χ1n) is 8.54. The molecule has 0 N–H and O–H groups in total. The third-order valence-electron chi connectivity index (χ3n) is 5.09. The van der Waals surface area contributed by atoms with Gasteiger partial charge in [0, 0.05) is 38.1 Å². The molecule has 3 heterocycles. The zero-order valence-corrected chi connectivity index (χ0v) is 14.6. The predicted molar refractivity (Wildman–Crippen MR) is 90.8 cm³/mol. The summed E-state index contributed by atoms with van der Waals surface area (Å²) < 4.78 is 26.1. The van der Waals surface area contributed by atoms with E-state index in [0.717, 1.165) is 57.6 Å². The predicted octanol–water partition coefficient (Wildman–Crippen LogP) is 1.90. The number of rotatable bonds is 3. The molecule has 0 amide bonds. The van der Waals surface area contributed by atoms with E-state index in [1.165, 1.54) is 6.26 Å². The molecule has 1 unspecified atom stereocenters. The van der Waals surface area contributed by atoms with Crippen molar-refractivity contribution >= 4 is 16.0 Å². The van der Waals surface area contributed by atoms with Crippen LogP contribution in [0.4, 0.5) is 5.95 Å². The highest BCUT2D eigenvalue weighted by Crippen LogP contribution is 2.32. The third kappa shape index (κ3) is 4.01. The van der Waals surface area contributed by atoms with Crippen molar-refractivity contribution in [1.29, 1.82) is 0 Å². The fourth-order valence-corrected chi connectivity index (χ4v) is 5.16. The van der Waals surface area contributed by atoms with Crippen molar-refractivity contribution in [3.8, 4) is 0 Å². The quantitative estimate of drug-likeness (QED) is 0.842. The van der Waals surface area contributed by atoms with Crippen LogP contribution in [0.3, 0.4) is 0 Å². The summed E-state index contributed by atoms with van der Waals surface area (Å²) in [4.78, 5) is 10.8. The monoisotopic (exact) mass is 338 g/mol. The second kappa shape index (κ2) is 7.13. The Balaban J connectivity index is 1.67. The maximum absolute atomic E-state index is 12.2. The number of nitrogens with zero attached hydrogens (tertiary/aromatic N) is 4. The van der Waals surface area contributed by atoms with Gasteiger partial charge in [0.2, 0.25) is 16.0 Å². The average molecular weight is 338 g/mol. The molecule has 23 heavy (non-hydrogen) atoms. The molecule has 1 atom stereocenters. The summed E-state index contributed by atoms with van der Waals surface area (Å²) in [6.45, 7) is 2.50. The largest absolute Gasteiger partial charge is 0.341 e. The summed E-state index contributed by atoms with van der Waals surface area (Å²) in [5, 5.41) is 0. The normalized spacial score (nSPS) is 25.3.